The van der Waals surface area contributed by atoms with E-state index < -0.39 is 17.9 Å². The molecule has 3 rings (SSSR count). The van der Waals surface area contributed by atoms with Gasteiger partial charge in [-0.1, -0.05) is 6.58 Å². The van der Waals surface area contributed by atoms with Crippen LogP contribution in [0.2, 0.25) is 0 Å². The lowest BCUT2D eigenvalue weighted by atomic mass is 9.99. The van der Waals surface area contributed by atoms with Crippen molar-refractivity contribution in [2.75, 3.05) is 0 Å². The van der Waals surface area contributed by atoms with E-state index in [0.717, 1.165) is 0 Å². The predicted molar refractivity (Wildman–Crippen MR) is 66.2 cm³/mol. The Bertz CT molecular complexity index is 424. The second-order valence-electron chi connectivity index (χ2n) is 6.00. The first kappa shape index (κ1) is 13.3. The topological polar surface area (TPSA) is 46.2 Å². The van der Waals surface area contributed by atoms with E-state index in [2.05, 4.69) is 12.3 Å². The molecule has 0 aromatic heterocycles. The standard InChI is InChI=1S/C14H20O5/c1-6-7-8-9-10(17-13(2,3)16-9)11-12(15-8)19-14(4,5)18-11/h7-12H,1H2,2-5H3/t8?,9-,10?,11+,12?/m1/s1. The molecule has 5 heteroatoms. The van der Waals surface area contributed by atoms with Gasteiger partial charge in [0.1, 0.15) is 24.4 Å². The highest BCUT2D eigenvalue weighted by Gasteiger charge is 2.60. The fourth-order valence-corrected chi connectivity index (χ4v) is 2.89. The van der Waals surface area contributed by atoms with Crippen LogP contribution >= 0.6 is 0 Å². The number of rotatable bonds is 1. The van der Waals surface area contributed by atoms with Gasteiger partial charge in [0.15, 0.2) is 17.9 Å². The number of hydrogen-bond acceptors (Lipinski definition) is 5. The van der Waals surface area contributed by atoms with E-state index in [1.807, 2.05) is 27.7 Å². The Morgan fingerprint density at radius 2 is 1.47 bits per heavy atom. The Morgan fingerprint density at radius 3 is 2.16 bits per heavy atom. The summed E-state index contributed by atoms with van der Waals surface area (Å²) >= 11 is 0. The molecular weight excluding hydrogens is 248 g/mol. The Balaban J connectivity index is 1.90. The van der Waals surface area contributed by atoms with Crippen molar-refractivity contribution in [1.82, 2.24) is 0 Å². The summed E-state index contributed by atoms with van der Waals surface area (Å²) in [7, 11) is 0. The molecule has 3 heterocycles. The molecule has 3 aliphatic heterocycles. The summed E-state index contributed by atoms with van der Waals surface area (Å²) in [5.74, 6) is -1.33. The number of fused-ring (bicyclic) bond motifs is 3. The van der Waals surface area contributed by atoms with Crippen molar-refractivity contribution in [2.24, 2.45) is 0 Å². The highest BCUT2D eigenvalue weighted by atomic mass is 16.9. The quantitative estimate of drug-likeness (QED) is 0.678. The van der Waals surface area contributed by atoms with Crippen molar-refractivity contribution in [3.8, 4) is 0 Å². The van der Waals surface area contributed by atoms with Crippen LogP contribution in [-0.2, 0) is 23.7 Å². The van der Waals surface area contributed by atoms with Crippen molar-refractivity contribution in [2.45, 2.75) is 70.0 Å². The number of ether oxygens (including phenoxy) is 5. The van der Waals surface area contributed by atoms with Crippen LogP contribution < -0.4 is 0 Å². The van der Waals surface area contributed by atoms with Crippen molar-refractivity contribution < 1.29 is 23.7 Å². The molecule has 19 heavy (non-hydrogen) atoms. The van der Waals surface area contributed by atoms with Crippen molar-refractivity contribution in [1.29, 1.82) is 0 Å². The molecule has 0 aromatic carbocycles. The van der Waals surface area contributed by atoms with Crippen LogP contribution in [-0.4, -0.2) is 42.3 Å². The molecule has 5 nitrogen and oxygen atoms in total. The van der Waals surface area contributed by atoms with Gasteiger partial charge in [0, 0.05) is 0 Å². The van der Waals surface area contributed by atoms with Crippen LogP contribution in [0.5, 0.6) is 0 Å². The monoisotopic (exact) mass is 268 g/mol. The average Bonchev–Trinajstić information content (AvgIpc) is 2.74. The van der Waals surface area contributed by atoms with Crippen LogP contribution in [0.3, 0.4) is 0 Å². The van der Waals surface area contributed by atoms with E-state index in [1.165, 1.54) is 0 Å². The van der Waals surface area contributed by atoms with E-state index in [9.17, 15) is 0 Å². The van der Waals surface area contributed by atoms with Crippen molar-refractivity contribution in [3.63, 3.8) is 0 Å². The largest absolute Gasteiger partial charge is 0.342 e. The maximum absolute atomic E-state index is 5.96. The lowest BCUT2D eigenvalue weighted by Crippen LogP contribution is -2.54. The summed E-state index contributed by atoms with van der Waals surface area (Å²) in [6.45, 7) is 11.1. The second kappa shape index (κ2) is 4.16. The molecule has 0 radical (unpaired) electrons. The van der Waals surface area contributed by atoms with Crippen molar-refractivity contribution >= 4 is 0 Å². The van der Waals surface area contributed by atoms with E-state index in [0.29, 0.717) is 0 Å². The Kier molecular flexibility index (Phi) is 2.91. The maximum Gasteiger partial charge on any atom is 0.190 e. The van der Waals surface area contributed by atoms with Gasteiger partial charge in [-0.05, 0) is 33.8 Å². The first-order valence-corrected chi connectivity index (χ1v) is 6.54. The second-order valence-corrected chi connectivity index (χ2v) is 6.00. The fraction of sp³-hybridized carbons (Fsp3) is 0.786. The summed E-state index contributed by atoms with van der Waals surface area (Å²) in [6, 6.07) is 0. The molecule has 3 unspecified atom stereocenters. The van der Waals surface area contributed by atoms with Gasteiger partial charge in [-0.2, -0.15) is 0 Å². The van der Waals surface area contributed by atoms with Gasteiger partial charge >= 0.3 is 0 Å². The highest BCUT2D eigenvalue weighted by molar-refractivity contribution is 5.05. The zero-order valence-electron chi connectivity index (χ0n) is 11.7. The van der Waals surface area contributed by atoms with Crippen LogP contribution in [0.1, 0.15) is 27.7 Å². The zero-order chi connectivity index (χ0) is 13.8. The van der Waals surface area contributed by atoms with E-state index >= 15 is 0 Å². The minimum atomic E-state index is -0.678. The molecule has 0 amide bonds. The fourth-order valence-electron chi connectivity index (χ4n) is 2.89. The summed E-state index contributed by atoms with van der Waals surface area (Å²) in [5.41, 5.74) is 2.75. The Morgan fingerprint density at radius 1 is 0.895 bits per heavy atom. The molecule has 0 aromatic rings. The van der Waals surface area contributed by atoms with Gasteiger partial charge < -0.3 is 23.7 Å². The molecule has 0 bridgehead atoms. The van der Waals surface area contributed by atoms with Crippen molar-refractivity contribution in [3.05, 3.63) is 18.4 Å². The van der Waals surface area contributed by atoms with Crippen LogP contribution in [0, 0.1) is 0 Å². The third-order valence-corrected chi connectivity index (χ3v) is 3.47. The zero-order valence-corrected chi connectivity index (χ0v) is 11.7. The molecule has 5 atom stereocenters. The van der Waals surface area contributed by atoms with Gasteiger partial charge in [0.2, 0.25) is 0 Å². The molecular formula is C14H20O5. The minimum Gasteiger partial charge on any atom is -0.342 e. The summed E-state index contributed by atoms with van der Waals surface area (Å²) < 4.78 is 29.4. The van der Waals surface area contributed by atoms with Gasteiger partial charge in [0.25, 0.3) is 0 Å². The molecule has 0 N–H and O–H groups in total. The first-order valence-electron chi connectivity index (χ1n) is 6.54. The normalized spacial score (nSPS) is 46.2. The Labute approximate surface area is 113 Å². The van der Waals surface area contributed by atoms with Gasteiger partial charge in [-0.25, -0.2) is 0 Å². The highest BCUT2D eigenvalue weighted by Crippen LogP contribution is 2.44. The van der Waals surface area contributed by atoms with Crippen LogP contribution in [0.15, 0.2) is 18.4 Å². The Hall–Kier alpha value is -0.680. The summed E-state index contributed by atoms with van der Waals surface area (Å²) in [6.07, 6.45) is 0.267. The predicted octanol–water partition coefficient (Wildman–Crippen LogP) is 1.72. The van der Waals surface area contributed by atoms with Crippen LogP contribution in [0.4, 0.5) is 0 Å². The lowest BCUT2D eigenvalue weighted by Gasteiger charge is -2.35. The molecule has 0 saturated carbocycles. The first-order chi connectivity index (χ1) is 8.81. The third-order valence-electron chi connectivity index (χ3n) is 3.47. The summed E-state index contributed by atoms with van der Waals surface area (Å²) in [5, 5.41) is 0. The smallest absolute Gasteiger partial charge is 0.190 e. The average molecular weight is 268 g/mol. The van der Waals surface area contributed by atoms with Crippen LogP contribution in [0.25, 0.3) is 0 Å². The molecule has 106 valence electrons. The minimum absolute atomic E-state index is 0.217. The van der Waals surface area contributed by atoms with Gasteiger partial charge in [-0.3, -0.25) is 0 Å². The molecule has 3 fully saturated rings. The molecule has 3 saturated heterocycles. The summed E-state index contributed by atoms with van der Waals surface area (Å²) in [4.78, 5) is 0. The maximum atomic E-state index is 5.96. The lowest BCUT2D eigenvalue weighted by molar-refractivity contribution is -0.222. The molecule has 0 spiro atoms. The van der Waals surface area contributed by atoms with E-state index in [4.69, 9.17) is 23.7 Å². The van der Waals surface area contributed by atoms with E-state index in [-0.39, 0.29) is 24.4 Å². The SMILES string of the molecule is C=C=CC1OC2OC(C)(C)O[C@H]2C2OC(C)(C)O[C@H]12. The third kappa shape index (κ3) is 2.27. The van der Waals surface area contributed by atoms with Gasteiger partial charge in [0.05, 0.1) is 0 Å². The molecule has 3 aliphatic rings. The molecule has 0 aliphatic carbocycles. The number of hydrogen-bond donors (Lipinski definition) is 0. The van der Waals surface area contributed by atoms with E-state index in [1.54, 1.807) is 6.08 Å². The van der Waals surface area contributed by atoms with Gasteiger partial charge in [-0.15, -0.1) is 5.73 Å².